The van der Waals surface area contributed by atoms with Gasteiger partial charge in [0.25, 0.3) is 15.9 Å². The van der Waals surface area contributed by atoms with Crippen LogP contribution < -0.4 is 14.4 Å². The van der Waals surface area contributed by atoms with E-state index < -0.39 is 10.0 Å². The Morgan fingerprint density at radius 3 is 2.62 bits per heavy atom. The number of aromatic nitrogens is 2. The fourth-order valence-electron chi connectivity index (χ4n) is 4.22. The molecule has 0 radical (unpaired) electrons. The molecule has 2 aromatic carbocycles. The van der Waals surface area contributed by atoms with Gasteiger partial charge in [0.2, 0.25) is 5.89 Å². The molecule has 1 aliphatic heterocycles. The van der Waals surface area contributed by atoms with Crippen molar-refractivity contribution < 1.29 is 22.5 Å². The molecule has 1 aliphatic carbocycles. The van der Waals surface area contributed by atoms with Gasteiger partial charge in [-0.1, -0.05) is 29.3 Å². The highest BCUT2D eigenvalue weighted by atomic mass is 32.2. The molecule has 178 valence electrons. The second-order valence-electron chi connectivity index (χ2n) is 8.95. The van der Waals surface area contributed by atoms with Crippen LogP contribution in [-0.4, -0.2) is 31.1 Å². The predicted molar refractivity (Wildman–Crippen MR) is 125 cm³/mol. The van der Waals surface area contributed by atoms with E-state index in [1.165, 1.54) is 11.0 Å². The first-order chi connectivity index (χ1) is 16.2. The Morgan fingerprint density at radius 1 is 1.12 bits per heavy atom. The fraction of sp³-hybridized carbons (Fsp3) is 0.375. The third-order valence-corrected chi connectivity index (χ3v) is 7.86. The molecule has 0 bridgehead atoms. The van der Waals surface area contributed by atoms with E-state index in [4.69, 9.17) is 9.26 Å². The minimum Gasteiger partial charge on any atom is -0.482 e. The largest absolute Gasteiger partial charge is 0.482 e. The van der Waals surface area contributed by atoms with Crippen molar-refractivity contribution in [1.82, 2.24) is 10.1 Å². The Kier molecular flexibility index (Phi) is 5.55. The van der Waals surface area contributed by atoms with Crippen LogP contribution in [0.25, 0.3) is 0 Å². The molecule has 1 N–H and O–H groups in total. The number of nitrogens with zero attached hydrogens (tertiary/aromatic N) is 3. The second kappa shape index (κ2) is 8.43. The summed E-state index contributed by atoms with van der Waals surface area (Å²) in [7, 11) is -3.88. The van der Waals surface area contributed by atoms with Crippen LogP contribution in [0.3, 0.4) is 0 Å². The molecular weight excluding hydrogens is 456 g/mol. The number of fused-ring (bicyclic) bond motifs is 1. The standard InChI is InChI=1S/C24H26N4O5S/c1-14-7-8-18(15(2)9-14)27-34(30,31)21-11-20-19(10-16(21)3)28(23(29)13-32-20)12-22-25-24(33-26-22)17-5-4-6-17/h7-11,17,27H,4-6,12-13H2,1-3H3. The van der Waals surface area contributed by atoms with Crippen molar-refractivity contribution in [2.24, 2.45) is 0 Å². The van der Waals surface area contributed by atoms with E-state index in [1.807, 2.05) is 26.0 Å². The number of hydrogen-bond acceptors (Lipinski definition) is 7. The molecular formula is C24H26N4O5S. The molecule has 0 spiro atoms. The van der Waals surface area contributed by atoms with Gasteiger partial charge < -0.3 is 9.26 Å². The number of nitrogens with one attached hydrogen (secondary N) is 1. The van der Waals surface area contributed by atoms with Crippen LogP contribution in [-0.2, 0) is 21.4 Å². The van der Waals surface area contributed by atoms with E-state index in [2.05, 4.69) is 14.9 Å². The molecule has 0 unspecified atom stereocenters. The number of ether oxygens (including phenoxy) is 1. The first kappa shape index (κ1) is 22.4. The molecule has 2 heterocycles. The quantitative estimate of drug-likeness (QED) is 0.565. The van der Waals surface area contributed by atoms with Crippen LogP contribution in [0.4, 0.5) is 11.4 Å². The Bertz CT molecular complexity index is 1380. The third kappa shape index (κ3) is 4.13. The summed E-state index contributed by atoms with van der Waals surface area (Å²) in [5.41, 5.74) is 3.36. The molecule has 5 rings (SSSR count). The Balaban J connectivity index is 1.43. The fourth-order valence-corrected chi connectivity index (χ4v) is 5.59. The van der Waals surface area contributed by atoms with E-state index in [0.717, 1.165) is 30.4 Å². The number of aryl methyl sites for hydroxylation is 3. The highest BCUT2D eigenvalue weighted by Gasteiger charge is 2.31. The van der Waals surface area contributed by atoms with Gasteiger partial charge in [-0.05, 0) is 56.9 Å². The molecule has 9 nitrogen and oxygen atoms in total. The lowest BCUT2D eigenvalue weighted by Gasteiger charge is -2.29. The van der Waals surface area contributed by atoms with Crippen LogP contribution in [0.5, 0.6) is 5.75 Å². The zero-order valence-corrected chi connectivity index (χ0v) is 20.1. The number of anilines is 2. The smallest absolute Gasteiger partial charge is 0.265 e. The maximum atomic E-state index is 13.2. The SMILES string of the molecule is Cc1ccc(NS(=O)(=O)c2cc3c(cc2C)N(Cc2noc(C4CCC4)n2)C(=O)CO3)c(C)c1. The highest BCUT2D eigenvalue weighted by Crippen LogP contribution is 2.38. The third-order valence-electron chi connectivity index (χ3n) is 6.35. The number of benzene rings is 2. The van der Waals surface area contributed by atoms with Gasteiger partial charge in [0.15, 0.2) is 12.4 Å². The van der Waals surface area contributed by atoms with Crippen molar-refractivity contribution in [1.29, 1.82) is 0 Å². The van der Waals surface area contributed by atoms with Gasteiger partial charge in [-0.3, -0.25) is 14.4 Å². The minimum atomic E-state index is -3.88. The van der Waals surface area contributed by atoms with Crippen LogP contribution in [0.1, 0.15) is 53.6 Å². The molecule has 1 fully saturated rings. The van der Waals surface area contributed by atoms with Crippen molar-refractivity contribution in [2.45, 2.75) is 57.4 Å². The summed E-state index contributed by atoms with van der Waals surface area (Å²) in [6.07, 6.45) is 3.22. The van der Waals surface area contributed by atoms with E-state index in [9.17, 15) is 13.2 Å². The first-order valence-electron chi connectivity index (χ1n) is 11.2. The summed E-state index contributed by atoms with van der Waals surface area (Å²) in [5.74, 6) is 1.37. The number of rotatable bonds is 6. The summed E-state index contributed by atoms with van der Waals surface area (Å²) in [6, 6.07) is 8.63. The number of carbonyl (C=O) groups excluding carboxylic acids is 1. The average molecular weight is 483 g/mol. The summed E-state index contributed by atoms with van der Waals surface area (Å²) in [4.78, 5) is 18.7. The van der Waals surface area contributed by atoms with Gasteiger partial charge in [-0.2, -0.15) is 4.98 Å². The second-order valence-corrected chi connectivity index (χ2v) is 10.6. The van der Waals surface area contributed by atoms with E-state index in [1.54, 1.807) is 19.1 Å². The van der Waals surface area contributed by atoms with Crippen LogP contribution in [0.15, 0.2) is 39.8 Å². The zero-order chi connectivity index (χ0) is 24.0. The van der Waals surface area contributed by atoms with E-state index >= 15 is 0 Å². The number of carbonyl (C=O) groups is 1. The lowest BCUT2D eigenvalue weighted by Crippen LogP contribution is -2.38. The van der Waals surface area contributed by atoms with Crippen molar-refractivity contribution in [3.63, 3.8) is 0 Å². The summed E-state index contributed by atoms with van der Waals surface area (Å²) in [6.45, 7) is 5.42. The Labute approximate surface area is 198 Å². The molecule has 0 saturated heterocycles. The molecule has 1 amide bonds. The summed E-state index contributed by atoms with van der Waals surface area (Å²) < 4.78 is 40.1. The highest BCUT2D eigenvalue weighted by molar-refractivity contribution is 7.92. The maximum Gasteiger partial charge on any atom is 0.265 e. The molecule has 10 heteroatoms. The average Bonchev–Trinajstić information content (AvgIpc) is 3.18. The van der Waals surface area contributed by atoms with Gasteiger partial charge >= 0.3 is 0 Å². The van der Waals surface area contributed by atoms with Gasteiger partial charge in [0, 0.05) is 12.0 Å². The number of amides is 1. The summed E-state index contributed by atoms with van der Waals surface area (Å²) >= 11 is 0. The minimum absolute atomic E-state index is 0.0901. The lowest BCUT2D eigenvalue weighted by atomic mass is 9.85. The molecule has 1 saturated carbocycles. The predicted octanol–water partition coefficient (Wildman–Crippen LogP) is 3.99. The molecule has 1 aromatic heterocycles. The van der Waals surface area contributed by atoms with Gasteiger partial charge in [-0.15, -0.1) is 0 Å². The monoisotopic (exact) mass is 482 g/mol. The molecule has 34 heavy (non-hydrogen) atoms. The zero-order valence-electron chi connectivity index (χ0n) is 19.3. The topological polar surface area (TPSA) is 115 Å². The molecule has 2 aliphatic rings. The van der Waals surface area contributed by atoms with Gasteiger partial charge in [-0.25, -0.2) is 8.42 Å². The van der Waals surface area contributed by atoms with Crippen LogP contribution >= 0.6 is 0 Å². The van der Waals surface area contributed by atoms with Crippen LogP contribution in [0, 0.1) is 20.8 Å². The molecule has 0 atom stereocenters. The van der Waals surface area contributed by atoms with Crippen molar-refractivity contribution >= 4 is 27.3 Å². The Hall–Kier alpha value is -3.40. The number of hydrogen-bond donors (Lipinski definition) is 1. The van der Waals surface area contributed by atoms with E-state index in [0.29, 0.717) is 40.3 Å². The van der Waals surface area contributed by atoms with Gasteiger partial charge in [0.1, 0.15) is 5.75 Å². The normalized spacial score (nSPS) is 16.1. The van der Waals surface area contributed by atoms with Crippen molar-refractivity contribution in [2.75, 3.05) is 16.2 Å². The lowest BCUT2D eigenvalue weighted by molar-refractivity contribution is -0.121. The maximum absolute atomic E-state index is 13.2. The number of sulfonamides is 1. The summed E-state index contributed by atoms with van der Waals surface area (Å²) in [5, 5.41) is 4.03. The molecule has 3 aromatic rings. The van der Waals surface area contributed by atoms with Crippen molar-refractivity contribution in [3.05, 3.63) is 58.7 Å². The van der Waals surface area contributed by atoms with Gasteiger partial charge in [0.05, 0.1) is 22.8 Å². The first-order valence-corrected chi connectivity index (χ1v) is 12.7. The van der Waals surface area contributed by atoms with Crippen LogP contribution in [0.2, 0.25) is 0 Å². The van der Waals surface area contributed by atoms with E-state index in [-0.39, 0.29) is 24.0 Å². The Morgan fingerprint density at radius 2 is 1.91 bits per heavy atom. The van der Waals surface area contributed by atoms with Crippen molar-refractivity contribution in [3.8, 4) is 5.75 Å².